The van der Waals surface area contributed by atoms with Crippen molar-refractivity contribution < 1.29 is 18.0 Å². The maximum Gasteiger partial charge on any atom is 0.248 e. The topological polar surface area (TPSA) is 71.3 Å². The molecule has 136 valence electrons. The van der Waals surface area contributed by atoms with Crippen molar-refractivity contribution in [1.29, 1.82) is 0 Å². The molecule has 0 saturated carbocycles. The van der Waals surface area contributed by atoms with Gasteiger partial charge in [0, 0.05) is 43.6 Å². The number of halogens is 2. The van der Waals surface area contributed by atoms with Crippen molar-refractivity contribution in [3.05, 3.63) is 46.5 Å². The van der Waals surface area contributed by atoms with Gasteiger partial charge in [-0.05, 0) is 23.6 Å². The number of hydrogen-bond acceptors (Lipinski definition) is 6. The molecule has 1 amide bonds. The average Bonchev–Trinajstić information content (AvgIpc) is 3.23. The van der Waals surface area contributed by atoms with E-state index in [0.717, 1.165) is 17.7 Å². The van der Waals surface area contributed by atoms with Gasteiger partial charge in [0.05, 0.1) is 0 Å². The van der Waals surface area contributed by atoms with Gasteiger partial charge in [-0.2, -0.15) is 11.3 Å². The smallest absolute Gasteiger partial charge is 0.248 e. The zero-order chi connectivity index (χ0) is 18.7. The summed E-state index contributed by atoms with van der Waals surface area (Å²) in [5.41, 5.74) is 0.722. The summed E-state index contributed by atoms with van der Waals surface area (Å²) in [7, 11) is 3.07. The number of rotatable bonds is 6. The lowest BCUT2D eigenvalue weighted by molar-refractivity contribution is -0.116. The molecule has 2 heterocycles. The van der Waals surface area contributed by atoms with Crippen molar-refractivity contribution in [3.8, 4) is 11.5 Å². The maximum absolute atomic E-state index is 13.9. The van der Waals surface area contributed by atoms with Gasteiger partial charge in [0.1, 0.15) is 5.69 Å². The molecule has 0 aliphatic rings. The van der Waals surface area contributed by atoms with E-state index in [1.54, 1.807) is 0 Å². The fourth-order valence-electron chi connectivity index (χ4n) is 2.37. The van der Waals surface area contributed by atoms with Crippen LogP contribution in [0, 0.1) is 11.6 Å². The lowest BCUT2D eigenvalue weighted by atomic mass is 10.2. The summed E-state index contributed by atoms with van der Waals surface area (Å²) in [4.78, 5) is 13.3. The Bertz CT molecular complexity index is 886. The molecule has 9 heteroatoms. The number of carbonyl (C=O) groups excluding carboxylic acids is 1. The summed E-state index contributed by atoms with van der Waals surface area (Å²) >= 11 is 1.51. The van der Waals surface area contributed by atoms with E-state index in [2.05, 4.69) is 15.5 Å². The molecule has 0 spiro atoms. The molecule has 3 aromatic rings. The molecular weight excluding hydrogens is 362 g/mol. The first kappa shape index (κ1) is 18.0. The summed E-state index contributed by atoms with van der Waals surface area (Å²) in [5.74, 6) is -1.19. The fraction of sp³-hybridized carbons (Fsp3) is 0.235. The van der Waals surface area contributed by atoms with Crippen LogP contribution in [-0.4, -0.2) is 30.2 Å². The zero-order valence-electron chi connectivity index (χ0n) is 14.1. The highest BCUT2D eigenvalue weighted by Crippen LogP contribution is 2.26. The van der Waals surface area contributed by atoms with Gasteiger partial charge in [-0.15, -0.1) is 10.2 Å². The van der Waals surface area contributed by atoms with E-state index in [1.165, 1.54) is 30.3 Å². The monoisotopic (exact) mass is 378 g/mol. The Balaban J connectivity index is 1.59. The molecule has 0 fully saturated rings. The number of thiophene rings is 1. The van der Waals surface area contributed by atoms with Gasteiger partial charge in [-0.1, -0.05) is 0 Å². The van der Waals surface area contributed by atoms with Crippen molar-refractivity contribution >= 4 is 28.6 Å². The molecule has 2 aromatic heterocycles. The van der Waals surface area contributed by atoms with E-state index in [9.17, 15) is 13.6 Å². The number of anilines is 2. The van der Waals surface area contributed by atoms with E-state index in [4.69, 9.17) is 4.42 Å². The summed E-state index contributed by atoms with van der Waals surface area (Å²) in [6, 6.07) is 4.02. The quantitative estimate of drug-likeness (QED) is 0.708. The van der Waals surface area contributed by atoms with Crippen LogP contribution >= 0.6 is 11.3 Å². The Kier molecular flexibility index (Phi) is 5.27. The van der Waals surface area contributed by atoms with Crippen LogP contribution in [0.15, 0.2) is 33.4 Å². The van der Waals surface area contributed by atoms with Gasteiger partial charge in [0.2, 0.25) is 17.7 Å². The second kappa shape index (κ2) is 7.61. The molecule has 0 saturated heterocycles. The van der Waals surface area contributed by atoms with Crippen molar-refractivity contribution in [2.24, 2.45) is 0 Å². The van der Waals surface area contributed by atoms with E-state index >= 15 is 0 Å². The number of nitrogens with one attached hydrogen (secondary N) is 1. The van der Waals surface area contributed by atoms with Gasteiger partial charge >= 0.3 is 0 Å². The summed E-state index contributed by atoms with van der Waals surface area (Å²) in [6.07, 6.45) is 0.271. The average molecular weight is 378 g/mol. The molecule has 0 aliphatic carbocycles. The van der Waals surface area contributed by atoms with Gasteiger partial charge in [0.15, 0.2) is 11.6 Å². The highest BCUT2D eigenvalue weighted by molar-refractivity contribution is 7.08. The minimum Gasteiger partial charge on any atom is -0.421 e. The number of hydrogen-bond donors (Lipinski definition) is 1. The predicted molar refractivity (Wildman–Crippen MR) is 95.2 cm³/mol. The van der Waals surface area contributed by atoms with Crippen LogP contribution in [0.5, 0.6) is 0 Å². The number of benzene rings is 1. The van der Waals surface area contributed by atoms with Crippen molar-refractivity contribution in [3.63, 3.8) is 0 Å². The molecule has 6 nitrogen and oxygen atoms in total. The van der Waals surface area contributed by atoms with Crippen LogP contribution in [0.4, 0.5) is 20.2 Å². The molecule has 0 bridgehead atoms. The second-order valence-electron chi connectivity index (χ2n) is 5.74. The zero-order valence-corrected chi connectivity index (χ0v) is 14.9. The van der Waals surface area contributed by atoms with Crippen LogP contribution in [-0.2, 0) is 11.2 Å². The molecule has 0 unspecified atom stereocenters. The van der Waals surface area contributed by atoms with Crippen molar-refractivity contribution in [2.75, 3.05) is 24.3 Å². The normalized spacial score (nSPS) is 10.8. The highest BCUT2D eigenvalue weighted by atomic mass is 32.1. The Hall–Kier alpha value is -2.81. The Morgan fingerprint density at radius 3 is 2.62 bits per heavy atom. The molecule has 0 aliphatic heterocycles. The van der Waals surface area contributed by atoms with Crippen molar-refractivity contribution in [2.45, 2.75) is 12.8 Å². The van der Waals surface area contributed by atoms with Crippen LogP contribution in [0.3, 0.4) is 0 Å². The maximum atomic E-state index is 13.9. The van der Waals surface area contributed by atoms with Gasteiger partial charge in [0.25, 0.3) is 0 Å². The predicted octanol–water partition coefficient (Wildman–Crippen LogP) is 3.71. The first-order valence-electron chi connectivity index (χ1n) is 7.75. The molecule has 0 atom stereocenters. The number of aromatic nitrogens is 2. The highest BCUT2D eigenvalue weighted by Gasteiger charge is 2.15. The third-order valence-corrected chi connectivity index (χ3v) is 4.23. The Morgan fingerprint density at radius 2 is 2.00 bits per heavy atom. The molecule has 1 N–H and O–H groups in total. The van der Waals surface area contributed by atoms with Crippen LogP contribution in [0.25, 0.3) is 11.5 Å². The molecule has 26 heavy (non-hydrogen) atoms. The SMILES string of the molecule is CN(C)c1c(F)cc(NC(=O)CCc2nnc(-c3ccsc3)o2)cc1F. The Labute approximate surface area is 152 Å². The van der Waals surface area contributed by atoms with E-state index in [-0.39, 0.29) is 24.2 Å². The summed E-state index contributed by atoms with van der Waals surface area (Å²) < 4.78 is 33.4. The molecule has 0 radical (unpaired) electrons. The second-order valence-corrected chi connectivity index (χ2v) is 6.52. The van der Waals surface area contributed by atoms with Crippen molar-refractivity contribution in [1.82, 2.24) is 10.2 Å². The van der Waals surface area contributed by atoms with Crippen LogP contribution in [0.2, 0.25) is 0 Å². The van der Waals surface area contributed by atoms with Crippen LogP contribution in [0.1, 0.15) is 12.3 Å². The summed E-state index contributed by atoms with van der Waals surface area (Å²) in [6.45, 7) is 0. The molecule has 1 aromatic carbocycles. The minimum atomic E-state index is -0.748. The summed E-state index contributed by atoms with van der Waals surface area (Å²) in [5, 5.41) is 14.1. The van der Waals surface area contributed by atoms with E-state index in [0.29, 0.717) is 11.8 Å². The third-order valence-electron chi connectivity index (χ3n) is 3.55. The largest absolute Gasteiger partial charge is 0.421 e. The first-order chi connectivity index (χ1) is 12.4. The number of aryl methyl sites for hydroxylation is 1. The number of carbonyl (C=O) groups is 1. The standard InChI is InChI=1S/C17H16F2N4O2S/c1-23(2)16-12(18)7-11(8-13(16)19)20-14(24)3-4-15-21-22-17(25-15)10-5-6-26-9-10/h5-9H,3-4H2,1-2H3,(H,20,24). The van der Waals surface area contributed by atoms with Gasteiger partial charge < -0.3 is 14.6 Å². The van der Waals surface area contributed by atoms with Gasteiger partial charge in [-0.25, -0.2) is 8.78 Å². The lowest BCUT2D eigenvalue weighted by Crippen LogP contribution is -2.16. The fourth-order valence-corrected chi connectivity index (χ4v) is 3.00. The molecule has 3 rings (SSSR count). The van der Waals surface area contributed by atoms with Gasteiger partial charge in [-0.3, -0.25) is 4.79 Å². The number of nitrogens with zero attached hydrogens (tertiary/aromatic N) is 3. The number of amides is 1. The lowest BCUT2D eigenvalue weighted by Gasteiger charge is -2.15. The van der Waals surface area contributed by atoms with E-state index in [1.807, 2.05) is 16.8 Å². The molecular formula is C17H16F2N4O2S. The van der Waals surface area contributed by atoms with E-state index < -0.39 is 17.5 Å². The first-order valence-corrected chi connectivity index (χ1v) is 8.69. The minimum absolute atomic E-state index is 0.0456. The Morgan fingerprint density at radius 1 is 1.27 bits per heavy atom. The van der Waals surface area contributed by atoms with Crippen LogP contribution < -0.4 is 10.2 Å². The third kappa shape index (κ3) is 4.05.